The van der Waals surface area contributed by atoms with E-state index in [4.69, 9.17) is 9.47 Å². The summed E-state index contributed by atoms with van der Waals surface area (Å²) in [6, 6.07) is 9.93. The molecule has 0 spiro atoms. The molecule has 24 heavy (non-hydrogen) atoms. The number of esters is 1. The molecule has 0 aliphatic carbocycles. The summed E-state index contributed by atoms with van der Waals surface area (Å²) in [6.45, 7) is 11.2. The summed E-state index contributed by atoms with van der Waals surface area (Å²) in [5.41, 5.74) is 0.122. The molecule has 0 N–H and O–H groups in total. The highest BCUT2D eigenvalue weighted by molar-refractivity contribution is 5.69. The third-order valence-corrected chi connectivity index (χ3v) is 4.21. The van der Waals surface area contributed by atoms with Crippen molar-refractivity contribution in [2.45, 2.75) is 72.8 Å². The Morgan fingerprint density at radius 1 is 1.04 bits per heavy atom. The number of benzene rings is 1. The van der Waals surface area contributed by atoms with Gasteiger partial charge in [0.15, 0.2) is 0 Å². The second-order valence-electron chi connectivity index (χ2n) is 7.82. The van der Waals surface area contributed by atoms with Crippen molar-refractivity contribution in [2.24, 2.45) is 11.3 Å². The third-order valence-electron chi connectivity index (χ3n) is 4.21. The lowest BCUT2D eigenvalue weighted by atomic mass is 9.76. The fourth-order valence-corrected chi connectivity index (χ4v) is 2.73. The Morgan fingerprint density at radius 3 is 2.29 bits per heavy atom. The molecule has 0 fully saturated rings. The van der Waals surface area contributed by atoms with Crippen LogP contribution in [0.1, 0.15) is 66.7 Å². The Kier molecular flexibility index (Phi) is 8.88. The molecule has 3 heteroatoms. The van der Waals surface area contributed by atoms with Crippen LogP contribution in [0.25, 0.3) is 0 Å². The van der Waals surface area contributed by atoms with E-state index in [1.165, 1.54) is 0 Å². The second kappa shape index (κ2) is 10.4. The molecule has 0 heterocycles. The molecule has 0 saturated carbocycles. The van der Waals surface area contributed by atoms with Gasteiger partial charge in [0, 0.05) is 6.42 Å². The number of rotatable bonds is 10. The van der Waals surface area contributed by atoms with Crippen molar-refractivity contribution < 1.29 is 14.3 Å². The van der Waals surface area contributed by atoms with Crippen LogP contribution in [0, 0.1) is 11.3 Å². The highest BCUT2D eigenvalue weighted by Crippen LogP contribution is 2.33. The van der Waals surface area contributed by atoms with Gasteiger partial charge < -0.3 is 9.47 Å². The maximum atomic E-state index is 12.0. The quantitative estimate of drug-likeness (QED) is 0.411. The molecule has 3 nitrogen and oxygen atoms in total. The van der Waals surface area contributed by atoms with E-state index in [0.717, 1.165) is 38.0 Å². The van der Waals surface area contributed by atoms with E-state index in [-0.39, 0.29) is 17.5 Å². The normalized spacial score (nSPS) is 12.9. The first-order valence-corrected chi connectivity index (χ1v) is 9.16. The fraction of sp³-hybridized carbons (Fsp3) is 0.667. The maximum absolute atomic E-state index is 12.0. The van der Waals surface area contributed by atoms with Gasteiger partial charge in [-0.1, -0.05) is 51.8 Å². The van der Waals surface area contributed by atoms with Gasteiger partial charge in [0.05, 0.1) is 12.7 Å². The van der Waals surface area contributed by atoms with Crippen molar-refractivity contribution in [3.05, 3.63) is 30.3 Å². The van der Waals surface area contributed by atoms with E-state index in [1.54, 1.807) is 0 Å². The third kappa shape index (κ3) is 8.95. The molecule has 0 aliphatic rings. The van der Waals surface area contributed by atoms with Crippen LogP contribution in [-0.2, 0) is 9.53 Å². The number of carbonyl (C=O) groups is 1. The average Bonchev–Trinajstić information content (AvgIpc) is 2.48. The lowest BCUT2D eigenvalue weighted by Gasteiger charge is -2.30. The first-order valence-electron chi connectivity index (χ1n) is 9.16. The minimum Gasteiger partial charge on any atom is -0.494 e. The molecular formula is C21H34O3. The summed E-state index contributed by atoms with van der Waals surface area (Å²) in [6.07, 6.45) is 4.83. The highest BCUT2D eigenvalue weighted by Gasteiger charge is 2.27. The molecule has 136 valence electrons. The Morgan fingerprint density at radius 2 is 1.71 bits per heavy atom. The van der Waals surface area contributed by atoms with Crippen LogP contribution >= 0.6 is 0 Å². The van der Waals surface area contributed by atoms with Gasteiger partial charge in [0.1, 0.15) is 5.75 Å². The minimum absolute atomic E-state index is 0.0340. The van der Waals surface area contributed by atoms with Gasteiger partial charge in [-0.05, 0) is 50.2 Å². The van der Waals surface area contributed by atoms with Crippen molar-refractivity contribution in [3.63, 3.8) is 0 Å². The van der Waals surface area contributed by atoms with Crippen LogP contribution in [0.3, 0.4) is 0 Å². The molecule has 0 radical (unpaired) electrons. The van der Waals surface area contributed by atoms with Crippen molar-refractivity contribution in [1.82, 2.24) is 0 Å². The predicted molar refractivity (Wildman–Crippen MR) is 99.2 cm³/mol. The molecular weight excluding hydrogens is 300 g/mol. The largest absolute Gasteiger partial charge is 0.494 e. The summed E-state index contributed by atoms with van der Waals surface area (Å²) in [5, 5.41) is 0. The van der Waals surface area contributed by atoms with E-state index in [9.17, 15) is 4.79 Å². The molecule has 1 rings (SSSR count). The molecule has 1 aromatic rings. The second-order valence-corrected chi connectivity index (χ2v) is 7.82. The van der Waals surface area contributed by atoms with E-state index < -0.39 is 0 Å². The Bertz CT molecular complexity index is 460. The molecule has 0 aliphatic heterocycles. The number of carbonyl (C=O) groups excluding carboxylic acids is 1. The number of ether oxygens (including phenoxy) is 2. The van der Waals surface area contributed by atoms with Gasteiger partial charge in [-0.15, -0.1) is 0 Å². The smallest absolute Gasteiger partial charge is 0.306 e. The topological polar surface area (TPSA) is 35.5 Å². The lowest BCUT2D eigenvalue weighted by Crippen LogP contribution is -2.25. The SMILES string of the molecule is CC(C)OC(=O)CC(CCCCCOc1ccccc1)C(C)(C)C. The zero-order valence-corrected chi connectivity index (χ0v) is 16.0. The summed E-state index contributed by atoms with van der Waals surface area (Å²) < 4.78 is 11.0. The van der Waals surface area contributed by atoms with Crippen LogP contribution in [0.2, 0.25) is 0 Å². The van der Waals surface area contributed by atoms with Crippen LogP contribution in [0.4, 0.5) is 0 Å². The van der Waals surface area contributed by atoms with Gasteiger partial charge in [0.25, 0.3) is 0 Å². The molecule has 0 saturated heterocycles. The molecule has 1 aromatic carbocycles. The van der Waals surface area contributed by atoms with Crippen molar-refractivity contribution in [1.29, 1.82) is 0 Å². The monoisotopic (exact) mass is 334 g/mol. The maximum Gasteiger partial charge on any atom is 0.306 e. The highest BCUT2D eigenvalue weighted by atomic mass is 16.5. The molecule has 1 unspecified atom stereocenters. The van der Waals surface area contributed by atoms with Crippen LogP contribution < -0.4 is 4.74 Å². The number of unbranched alkanes of at least 4 members (excludes halogenated alkanes) is 2. The summed E-state index contributed by atoms with van der Waals surface area (Å²) in [5.74, 6) is 1.22. The Balaban J connectivity index is 2.26. The van der Waals surface area contributed by atoms with E-state index in [0.29, 0.717) is 12.3 Å². The zero-order valence-electron chi connectivity index (χ0n) is 16.0. The summed E-state index contributed by atoms with van der Waals surface area (Å²) >= 11 is 0. The molecule has 0 amide bonds. The summed E-state index contributed by atoms with van der Waals surface area (Å²) in [4.78, 5) is 12.0. The minimum atomic E-state index is -0.0719. The van der Waals surface area contributed by atoms with Gasteiger partial charge in [-0.25, -0.2) is 0 Å². The van der Waals surface area contributed by atoms with Crippen molar-refractivity contribution in [3.8, 4) is 5.75 Å². The van der Waals surface area contributed by atoms with Gasteiger partial charge >= 0.3 is 5.97 Å². The number of hydrogen-bond acceptors (Lipinski definition) is 3. The lowest BCUT2D eigenvalue weighted by molar-refractivity contribution is -0.149. The standard InChI is InChI=1S/C21H34O3/c1-17(2)24-20(22)16-18(21(3,4)5)12-8-7-11-15-23-19-13-9-6-10-14-19/h6,9-10,13-14,17-18H,7-8,11-12,15-16H2,1-5H3. The number of hydrogen-bond donors (Lipinski definition) is 0. The predicted octanol–water partition coefficient (Wildman–Crippen LogP) is 5.63. The van der Waals surface area contributed by atoms with Crippen molar-refractivity contribution >= 4 is 5.97 Å². The van der Waals surface area contributed by atoms with Gasteiger partial charge in [-0.3, -0.25) is 4.79 Å². The first kappa shape index (κ1) is 20.5. The Labute approximate surface area is 147 Å². The van der Waals surface area contributed by atoms with Crippen LogP contribution in [0.5, 0.6) is 5.75 Å². The van der Waals surface area contributed by atoms with Crippen LogP contribution in [-0.4, -0.2) is 18.7 Å². The molecule has 0 aromatic heterocycles. The van der Waals surface area contributed by atoms with Gasteiger partial charge in [0.2, 0.25) is 0 Å². The first-order chi connectivity index (χ1) is 11.3. The molecule has 1 atom stereocenters. The average molecular weight is 335 g/mol. The van der Waals surface area contributed by atoms with Crippen LogP contribution in [0.15, 0.2) is 30.3 Å². The van der Waals surface area contributed by atoms with E-state index in [2.05, 4.69) is 20.8 Å². The van der Waals surface area contributed by atoms with Gasteiger partial charge in [-0.2, -0.15) is 0 Å². The summed E-state index contributed by atoms with van der Waals surface area (Å²) in [7, 11) is 0. The van der Waals surface area contributed by atoms with E-state index in [1.807, 2.05) is 44.2 Å². The molecule has 0 bridgehead atoms. The Hall–Kier alpha value is -1.51. The zero-order chi connectivity index (χ0) is 18.0. The van der Waals surface area contributed by atoms with E-state index >= 15 is 0 Å². The van der Waals surface area contributed by atoms with Crippen molar-refractivity contribution in [2.75, 3.05) is 6.61 Å². The fourth-order valence-electron chi connectivity index (χ4n) is 2.73. The number of para-hydroxylation sites is 1.